The number of hydrogen-bond acceptors (Lipinski definition) is 16. The van der Waals surface area contributed by atoms with Crippen LogP contribution in [0.2, 0.25) is 0 Å². The van der Waals surface area contributed by atoms with Gasteiger partial charge >= 0.3 is 5.97 Å². The molecule has 0 unspecified atom stereocenters. The smallest absolute Gasteiger partial charge is 0.343 e. The van der Waals surface area contributed by atoms with Gasteiger partial charge in [-0.25, -0.2) is 24.1 Å². The van der Waals surface area contributed by atoms with Crippen molar-refractivity contribution in [2.45, 2.75) is 27.7 Å². The minimum atomic E-state index is -0.774. The SMILES string of the molecule is COC(=O)c1c(C)nn(C)c1/N=N/c1c(C)nn(-c2cc(-n3nc(C)c(/N=N/c4c(C(=O)C=O)c(C)nn4C)c3N)ncn2)c1N. The molecule has 0 spiro atoms. The van der Waals surface area contributed by atoms with Crippen molar-refractivity contribution < 1.29 is 19.1 Å². The van der Waals surface area contributed by atoms with Crippen molar-refractivity contribution in [1.82, 2.24) is 49.1 Å². The molecule has 0 aliphatic rings. The molecule has 0 saturated carbocycles. The van der Waals surface area contributed by atoms with E-state index in [1.807, 2.05) is 0 Å². The van der Waals surface area contributed by atoms with E-state index in [0.29, 0.717) is 22.8 Å². The first-order valence-electron chi connectivity index (χ1n) is 13.4. The first-order chi connectivity index (χ1) is 21.9. The van der Waals surface area contributed by atoms with E-state index in [4.69, 9.17) is 16.2 Å². The van der Waals surface area contributed by atoms with E-state index >= 15 is 0 Å². The number of carbonyl (C=O) groups is 3. The van der Waals surface area contributed by atoms with Gasteiger partial charge in [-0.2, -0.15) is 29.8 Å². The van der Waals surface area contributed by atoms with Crippen molar-refractivity contribution >= 4 is 52.7 Å². The molecular formula is C26H28N16O4. The molecular weight excluding hydrogens is 600 g/mol. The van der Waals surface area contributed by atoms with Gasteiger partial charge in [-0.3, -0.25) is 9.59 Å². The Hall–Kier alpha value is -6.47. The lowest BCUT2D eigenvalue weighted by molar-refractivity contribution is -0.104. The Balaban J connectivity index is 1.49. The molecule has 0 aliphatic carbocycles. The normalized spacial score (nSPS) is 11.6. The molecule has 5 heterocycles. The van der Waals surface area contributed by atoms with Gasteiger partial charge in [0, 0.05) is 20.2 Å². The van der Waals surface area contributed by atoms with Crippen LogP contribution in [0.25, 0.3) is 11.6 Å². The number of methoxy groups -OCH3 is 1. The Bertz CT molecular complexity index is 2090. The monoisotopic (exact) mass is 628 g/mol. The summed E-state index contributed by atoms with van der Waals surface area (Å²) in [7, 11) is 4.46. The average molecular weight is 629 g/mol. The molecule has 0 bridgehead atoms. The van der Waals surface area contributed by atoms with Crippen LogP contribution in [0.15, 0.2) is 32.9 Å². The second-order valence-electron chi connectivity index (χ2n) is 9.89. The van der Waals surface area contributed by atoms with Crippen LogP contribution in [0, 0.1) is 27.7 Å². The Morgan fingerprint density at radius 1 is 0.739 bits per heavy atom. The second kappa shape index (κ2) is 11.9. The summed E-state index contributed by atoms with van der Waals surface area (Å²) in [5, 5.41) is 34.1. The summed E-state index contributed by atoms with van der Waals surface area (Å²) in [6.07, 6.45) is 1.46. The third-order valence-electron chi connectivity index (χ3n) is 6.82. The lowest BCUT2D eigenvalue weighted by Crippen LogP contribution is -2.09. The zero-order valence-electron chi connectivity index (χ0n) is 25.8. The summed E-state index contributed by atoms with van der Waals surface area (Å²) in [6.45, 7) is 6.59. The zero-order valence-corrected chi connectivity index (χ0v) is 25.8. The van der Waals surface area contributed by atoms with Gasteiger partial charge < -0.3 is 16.2 Å². The quantitative estimate of drug-likeness (QED) is 0.0785. The standard InChI is InChI=1S/C26H28N16O4/c1-11-18(15(44)9-43)24(39(5)35-11)33-31-20-13(3)37-41(22(20)27)16-8-17(30-10-29-16)42-23(28)21(14(4)38-42)32-34-25-19(26(45)46-7)12(2)36-40(25)6/h8-10H,27-28H2,1-7H3/b33-31+,34-32+. The van der Waals surface area contributed by atoms with Gasteiger partial charge in [0.2, 0.25) is 5.78 Å². The molecule has 0 radical (unpaired) electrons. The third-order valence-corrected chi connectivity index (χ3v) is 6.82. The maximum absolute atomic E-state index is 12.3. The number of nitrogens with zero attached hydrogens (tertiary/aromatic N) is 14. The van der Waals surface area contributed by atoms with Crippen LogP contribution in [0.3, 0.4) is 0 Å². The Morgan fingerprint density at radius 2 is 1.20 bits per heavy atom. The third kappa shape index (κ3) is 5.27. The van der Waals surface area contributed by atoms with E-state index in [1.54, 1.807) is 47.9 Å². The Kier molecular flexibility index (Phi) is 8.01. The molecule has 0 fully saturated rings. The molecule has 5 rings (SSSR count). The van der Waals surface area contributed by atoms with Crippen molar-refractivity contribution in [1.29, 1.82) is 0 Å². The number of aldehydes is 1. The lowest BCUT2D eigenvalue weighted by atomic mass is 10.2. The molecule has 5 aromatic heterocycles. The molecule has 5 aromatic rings. The number of esters is 1. The van der Waals surface area contributed by atoms with Crippen LogP contribution < -0.4 is 11.5 Å². The molecule has 0 amide bonds. The minimum absolute atomic E-state index is 0.0376. The number of hydrogen-bond donors (Lipinski definition) is 2. The van der Waals surface area contributed by atoms with Gasteiger partial charge in [0.15, 0.2) is 52.6 Å². The van der Waals surface area contributed by atoms with E-state index in [1.165, 1.54) is 32.2 Å². The average Bonchev–Trinajstić information content (AvgIpc) is 3.68. The van der Waals surface area contributed by atoms with Gasteiger partial charge in [0.25, 0.3) is 0 Å². The highest BCUT2D eigenvalue weighted by molar-refractivity contribution is 6.35. The first-order valence-corrected chi connectivity index (χ1v) is 13.4. The predicted octanol–water partition coefficient (Wildman–Crippen LogP) is 2.71. The van der Waals surface area contributed by atoms with Gasteiger partial charge in [-0.1, -0.05) is 0 Å². The largest absolute Gasteiger partial charge is 0.465 e. The predicted molar refractivity (Wildman–Crippen MR) is 161 cm³/mol. The van der Waals surface area contributed by atoms with Crippen LogP contribution in [0.4, 0.5) is 34.6 Å². The number of nitrogens with two attached hydrogens (primary N) is 2. The topological polar surface area (TPSA) is 259 Å². The van der Waals surface area contributed by atoms with E-state index in [0.717, 1.165) is 0 Å². The van der Waals surface area contributed by atoms with Gasteiger partial charge in [-0.05, 0) is 27.7 Å². The van der Waals surface area contributed by atoms with Crippen LogP contribution in [0.1, 0.15) is 43.5 Å². The highest BCUT2D eigenvalue weighted by atomic mass is 16.5. The molecule has 0 aliphatic heterocycles. The zero-order chi connectivity index (χ0) is 33.4. The summed E-state index contributed by atoms with van der Waals surface area (Å²) in [4.78, 5) is 44.1. The summed E-state index contributed by atoms with van der Waals surface area (Å²) >= 11 is 0. The Morgan fingerprint density at radius 3 is 1.65 bits per heavy atom. The van der Waals surface area contributed by atoms with Crippen molar-refractivity contribution in [2.24, 2.45) is 34.6 Å². The summed E-state index contributed by atoms with van der Waals surface area (Å²) in [5.74, 6) is -0.400. The number of aryl methyl sites for hydroxylation is 6. The highest BCUT2D eigenvalue weighted by Crippen LogP contribution is 2.34. The number of azo groups is 2. The molecule has 4 N–H and O–H groups in total. The van der Waals surface area contributed by atoms with Crippen molar-refractivity contribution in [3.05, 3.63) is 46.3 Å². The number of carbonyl (C=O) groups excluding carboxylic acids is 3. The molecule has 236 valence electrons. The summed E-state index contributed by atoms with van der Waals surface area (Å²) in [5.41, 5.74) is 15.1. The van der Waals surface area contributed by atoms with Crippen LogP contribution in [0.5, 0.6) is 0 Å². The number of rotatable bonds is 9. The number of nitrogen functional groups attached to an aromatic ring is 2. The molecule has 20 nitrogen and oxygen atoms in total. The molecule has 46 heavy (non-hydrogen) atoms. The van der Waals surface area contributed by atoms with E-state index in [9.17, 15) is 14.4 Å². The fourth-order valence-electron chi connectivity index (χ4n) is 4.64. The number of Topliss-reactive ketones (excluding diaryl/α,β-unsaturated/α-hetero) is 1. The van der Waals surface area contributed by atoms with E-state index < -0.39 is 11.8 Å². The highest BCUT2D eigenvalue weighted by Gasteiger charge is 2.23. The molecule has 20 heteroatoms. The lowest BCUT2D eigenvalue weighted by Gasteiger charge is -2.06. The van der Waals surface area contributed by atoms with Gasteiger partial charge in [-0.15, -0.1) is 20.5 Å². The first kappa shape index (κ1) is 31.0. The summed E-state index contributed by atoms with van der Waals surface area (Å²) in [6, 6.07) is 1.54. The van der Waals surface area contributed by atoms with Crippen LogP contribution in [-0.4, -0.2) is 74.2 Å². The van der Waals surface area contributed by atoms with Crippen molar-refractivity contribution in [2.75, 3.05) is 18.6 Å². The van der Waals surface area contributed by atoms with Crippen LogP contribution >= 0.6 is 0 Å². The molecule has 0 saturated heterocycles. The minimum Gasteiger partial charge on any atom is -0.465 e. The van der Waals surface area contributed by atoms with E-state index in [2.05, 4.69) is 50.8 Å². The second-order valence-corrected chi connectivity index (χ2v) is 9.89. The van der Waals surface area contributed by atoms with Gasteiger partial charge in [0.1, 0.15) is 11.9 Å². The Labute approximate surface area is 259 Å². The summed E-state index contributed by atoms with van der Waals surface area (Å²) < 4.78 is 10.3. The van der Waals surface area contributed by atoms with Gasteiger partial charge in [0.05, 0.1) is 35.4 Å². The van der Waals surface area contributed by atoms with E-state index in [-0.39, 0.29) is 63.7 Å². The van der Waals surface area contributed by atoms with Crippen LogP contribution in [-0.2, 0) is 23.6 Å². The van der Waals surface area contributed by atoms with Crippen molar-refractivity contribution in [3.8, 4) is 11.6 Å². The molecule has 0 aromatic carbocycles. The number of anilines is 2. The molecule has 0 atom stereocenters. The maximum Gasteiger partial charge on any atom is 0.343 e. The number of aromatic nitrogens is 10. The van der Waals surface area contributed by atoms with Crippen molar-refractivity contribution in [3.63, 3.8) is 0 Å². The fourth-order valence-corrected chi connectivity index (χ4v) is 4.64. The fraction of sp³-hybridized carbons (Fsp3) is 0.269. The number of ketones is 1. The maximum atomic E-state index is 12.3. The number of ether oxygens (including phenoxy) is 1.